The second-order valence-electron chi connectivity index (χ2n) is 3.58. The first-order valence-corrected chi connectivity index (χ1v) is 6.21. The summed E-state index contributed by atoms with van der Waals surface area (Å²) in [5.74, 6) is -0.519. The molecule has 18 heavy (non-hydrogen) atoms. The molecule has 0 radical (unpaired) electrons. The van der Waals surface area contributed by atoms with E-state index in [1.165, 1.54) is 6.07 Å². The van der Waals surface area contributed by atoms with E-state index in [-0.39, 0.29) is 11.6 Å². The van der Waals surface area contributed by atoms with Crippen LogP contribution < -0.4 is 4.90 Å². The van der Waals surface area contributed by atoms with E-state index in [0.717, 1.165) is 28.8 Å². The van der Waals surface area contributed by atoms with Crippen molar-refractivity contribution in [3.8, 4) is 0 Å². The first-order valence-electron chi connectivity index (χ1n) is 4.78. The molecule has 1 aromatic rings. The average molecular weight is 298 g/mol. The predicted molar refractivity (Wildman–Crippen MR) is 62.4 cm³/mol. The normalized spacial score (nSPS) is 20.6. The molecule has 1 aromatic carbocycles. The van der Waals surface area contributed by atoms with Crippen molar-refractivity contribution in [3.05, 3.63) is 28.8 Å². The van der Waals surface area contributed by atoms with Crippen LogP contribution in [0.1, 0.15) is 5.56 Å². The monoisotopic (exact) mass is 297 g/mol. The number of alkyl halides is 3. The molecule has 0 spiro atoms. The van der Waals surface area contributed by atoms with Gasteiger partial charge in [0.2, 0.25) is 0 Å². The maximum Gasteiger partial charge on any atom is 0.417 e. The van der Waals surface area contributed by atoms with E-state index >= 15 is 0 Å². The van der Waals surface area contributed by atoms with E-state index in [9.17, 15) is 23.1 Å². The predicted octanol–water partition coefficient (Wildman–Crippen LogP) is 2.71. The maximum absolute atomic E-state index is 12.6. The Hall–Kier alpha value is -0.920. The van der Waals surface area contributed by atoms with Gasteiger partial charge in [0, 0.05) is 5.69 Å². The lowest BCUT2D eigenvalue weighted by molar-refractivity contribution is -0.137. The van der Waals surface area contributed by atoms with Gasteiger partial charge in [0.15, 0.2) is 5.44 Å². The Balaban J connectivity index is 2.39. The number of aliphatic hydroxyl groups is 1. The molecule has 1 unspecified atom stereocenters. The van der Waals surface area contributed by atoms with Crippen LogP contribution in [-0.4, -0.2) is 22.3 Å². The number of halogens is 4. The Morgan fingerprint density at radius 3 is 2.61 bits per heavy atom. The number of hydrogen-bond donors (Lipinski definition) is 1. The summed E-state index contributed by atoms with van der Waals surface area (Å²) in [6.45, 7) is 0. The van der Waals surface area contributed by atoms with Gasteiger partial charge in [-0.2, -0.15) is 13.2 Å². The number of carbonyl (C=O) groups excluding carboxylic acids is 1. The van der Waals surface area contributed by atoms with E-state index < -0.39 is 28.1 Å². The van der Waals surface area contributed by atoms with Crippen molar-refractivity contribution in [1.82, 2.24) is 0 Å². The second-order valence-corrected chi connectivity index (χ2v) is 5.02. The molecule has 1 atom stereocenters. The van der Waals surface area contributed by atoms with Gasteiger partial charge >= 0.3 is 6.18 Å². The van der Waals surface area contributed by atoms with Gasteiger partial charge in [-0.3, -0.25) is 9.69 Å². The molecule has 2 rings (SSSR count). The quantitative estimate of drug-likeness (QED) is 0.866. The minimum atomic E-state index is -4.58. The van der Waals surface area contributed by atoms with Crippen LogP contribution >= 0.6 is 23.4 Å². The molecular weight excluding hydrogens is 291 g/mol. The zero-order valence-electron chi connectivity index (χ0n) is 8.74. The number of nitrogens with zero attached hydrogens (tertiary/aromatic N) is 1. The molecule has 3 nitrogen and oxygen atoms in total. The maximum atomic E-state index is 12.6. The van der Waals surface area contributed by atoms with Crippen LogP contribution in [0.4, 0.5) is 18.9 Å². The van der Waals surface area contributed by atoms with Crippen molar-refractivity contribution in [1.29, 1.82) is 0 Å². The Morgan fingerprint density at radius 2 is 2.11 bits per heavy atom. The lowest BCUT2D eigenvalue weighted by Crippen LogP contribution is -2.29. The summed E-state index contributed by atoms with van der Waals surface area (Å²) in [5, 5.41) is 8.81. The molecular formula is C10H7ClF3NO2S. The van der Waals surface area contributed by atoms with Gasteiger partial charge < -0.3 is 5.11 Å². The summed E-state index contributed by atoms with van der Waals surface area (Å²) in [7, 11) is 0. The van der Waals surface area contributed by atoms with Crippen LogP contribution in [0, 0.1) is 0 Å². The fourth-order valence-electron chi connectivity index (χ4n) is 1.51. The minimum Gasteiger partial charge on any atom is -0.373 e. The molecule has 1 saturated heterocycles. The standard InChI is InChI=1S/C10H7ClF3NO2S/c11-7-2-1-5(3-6(7)10(12,13)14)15-4-18-9(17)8(15)16/h1-3,9,17H,4H2. The number of carbonyl (C=O) groups is 1. The Labute approximate surface area is 110 Å². The number of aliphatic hydroxyl groups excluding tert-OH is 1. The Kier molecular flexibility index (Phi) is 3.48. The van der Waals surface area contributed by atoms with Crippen molar-refractivity contribution >= 4 is 35.0 Å². The molecule has 1 amide bonds. The molecule has 98 valence electrons. The highest BCUT2D eigenvalue weighted by Crippen LogP contribution is 2.38. The summed E-state index contributed by atoms with van der Waals surface area (Å²) < 4.78 is 37.9. The fraction of sp³-hybridized carbons (Fsp3) is 0.300. The SMILES string of the molecule is O=C1C(O)SCN1c1ccc(Cl)c(C(F)(F)F)c1. The first-order chi connectivity index (χ1) is 8.30. The first kappa shape index (κ1) is 13.5. The number of anilines is 1. The Morgan fingerprint density at radius 1 is 1.44 bits per heavy atom. The summed E-state index contributed by atoms with van der Waals surface area (Å²) >= 11 is 6.42. The van der Waals surface area contributed by atoms with Crippen molar-refractivity contribution in [2.45, 2.75) is 11.6 Å². The van der Waals surface area contributed by atoms with Crippen molar-refractivity contribution < 1.29 is 23.1 Å². The summed E-state index contributed by atoms with van der Waals surface area (Å²) in [6.07, 6.45) is -4.58. The molecule has 8 heteroatoms. The summed E-state index contributed by atoms with van der Waals surface area (Å²) in [5.41, 5.74) is -2.16. The van der Waals surface area contributed by atoms with Gasteiger partial charge in [0.25, 0.3) is 5.91 Å². The van der Waals surface area contributed by atoms with E-state index in [2.05, 4.69) is 0 Å². The summed E-state index contributed by atoms with van der Waals surface area (Å²) in [4.78, 5) is 12.6. The van der Waals surface area contributed by atoms with E-state index in [4.69, 9.17) is 11.6 Å². The van der Waals surface area contributed by atoms with Crippen LogP contribution in [0.15, 0.2) is 18.2 Å². The summed E-state index contributed by atoms with van der Waals surface area (Å²) in [6, 6.07) is 3.20. The topological polar surface area (TPSA) is 40.5 Å². The molecule has 1 aliphatic heterocycles. The van der Waals surface area contributed by atoms with Gasteiger partial charge in [-0.05, 0) is 18.2 Å². The lowest BCUT2D eigenvalue weighted by Gasteiger charge is -2.17. The van der Waals surface area contributed by atoms with Gasteiger partial charge in [-0.15, -0.1) is 0 Å². The zero-order chi connectivity index (χ0) is 13.5. The molecule has 0 saturated carbocycles. The highest BCUT2D eigenvalue weighted by molar-refractivity contribution is 8.01. The number of hydrogen-bond acceptors (Lipinski definition) is 3. The van der Waals surface area contributed by atoms with Crippen LogP contribution in [0.2, 0.25) is 5.02 Å². The molecule has 0 bridgehead atoms. The van der Waals surface area contributed by atoms with Crippen molar-refractivity contribution in [2.24, 2.45) is 0 Å². The van der Waals surface area contributed by atoms with E-state index in [0.29, 0.717) is 0 Å². The highest BCUT2D eigenvalue weighted by atomic mass is 35.5. The molecule has 1 fully saturated rings. The number of thioether (sulfide) groups is 1. The van der Waals surface area contributed by atoms with E-state index in [1.807, 2.05) is 0 Å². The third-order valence-corrected chi connectivity index (χ3v) is 3.66. The Bertz CT molecular complexity index is 495. The highest BCUT2D eigenvalue weighted by Gasteiger charge is 2.36. The van der Waals surface area contributed by atoms with Crippen LogP contribution in [0.3, 0.4) is 0 Å². The number of benzene rings is 1. The van der Waals surface area contributed by atoms with Crippen LogP contribution in [0.25, 0.3) is 0 Å². The largest absolute Gasteiger partial charge is 0.417 e. The molecule has 1 heterocycles. The second kappa shape index (κ2) is 4.64. The van der Waals surface area contributed by atoms with Crippen LogP contribution in [0.5, 0.6) is 0 Å². The smallest absolute Gasteiger partial charge is 0.373 e. The van der Waals surface area contributed by atoms with E-state index in [1.54, 1.807) is 0 Å². The average Bonchev–Trinajstić information content (AvgIpc) is 2.59. The van der Waals surface area contributed by atoms with Gasteiger partial charge in [0.05, 0.1) is 16.5 Å². The van der Waals surface area contributed by atoms with Crippen molar-refractivity contribution in [2.75, 3.05) is 10.8 Å². The molecule has 1 aliphatic rings. The van der Waals surface area contributed by atoms with Crippen LogP contribution in [-0.2, 0) is 11.0 Å². The van der Waals surface area contributed by atoms with Gasteiger partial charge in [0.1, 0.15) is 0 Å². The van der Waals surface area contributed by atoms with Crippen molar-refractivity contribution in [3.63, 3.8) is 0 Å². The number of amides is 1. The lowest BCUT2D eigenvalue weighted by atomic mass is 10.2. The third-order valence-electron chi connectivity index (χ3n) is 2.41. The minimum absolute atomic E-state index is 0.0702. The van der Waals surface area contributed by atoms with Gasteiger partial charge in [-0.25, -0.2) is 0 Å². The molecule has 0 aromatic heterocycles. The number of rotatable bonds is 1. The molecule has 1 N–H and O–H groups in total. The van der Waals surface area contributed by atoms with Gasteiger partial charge in [-0.1, -0.05) is 23.4 Å². The molecule has 0 aliphatic carbocycles. The zero-order valence-corrected chi connectivity index (χ0v) is 10.3. The fourth-order valence-corrected chi connectivity index (χ4v) is 2.57. The third kappa shape index (κ3) is 2.43.